The van der Waals surface area contributed by atoms with Crippen molar-refractivity contribution in [2.45, 2.75) is 39.2 Å². The van der Waals surface area contributed by atoms with Gasteiger partial charge in [0.2, 0.25) is 0 Å². The first-order chi connectivity index (χ1) is 12.2. The molecule has 1 saturated heterocycles. The monoisotopic (exact) mass is 337 g/mol. The van der Waals surface area contributed by atoms with Crippen molar-refractivity contribution in [1.29, 1.82) is 0 Å². The number of benzene rings is 1. The summed E-state index contributed by atoms with van der Waals surface area (Å²) in [6, 6.07) is 9.94. The molecule has 1 aromatic carbocycles. The molecule has 4 rings (SSSR count). The highest BCUT2D eigenvalue weighted by Gasteiger charge is 2.28. The number of H-pyrrole nitrogens is 1. The van der Waals surface area contributed by atoms with Gasteiger partial charge in [0.05, 0.1) is 11.0 Å². The van der Waals surface area contributed by atoms with Crippen molar-refractivity contribution in [3.05, 3.63) is 47.5 Å². The zero-order chi connectivity index (χ0) is 17.4. The van der Waals surface area contributed by atoms with Crippen LogP contribution in [0.25, 0.3) is 11.0 Å². The van der Waals surface area contributed by atoms with Crippen molar-refractivity contribution in [3.63, 3.8) is 0 Å². The number of aromatic amines is 1. The number of hydrogen-bond donors (Lipinski definition) is 1. The number of carbonyl (C=O) groups is 1. The van der Waals surface area contributed by atoms with Gasteiger partial charge in [-0.25, -0.2) is 4.98 Å². The minimum atomic E-state index is 0.0242. The van der Waals surface area contributed by atoms with E-state index in [2.05, 4.69) is 10.1 Å². The molecule has 1 atom stereocenters. The minimum absolute atomic E-state index is 0.0242. The lowest BCUT2D eigenvalue weighted by molar-refractivity contribution is 0.0698. The predicted octanol–water partition coefficient (Wildman–Crippen LogP) is 3.11. The first-order valence-electron chi connectivity index (χ1n) is 8.94. The Kier molecular flexibility index (Phi) is 4.03. The largest absolute Gasteiger partial charge is 0.342 e. The smallest absolute Gasteiger partial charge is 0.274 e. The van der Waals surface area contributed by atoms with Crippen LogP contribution >= 0.6 is 0 Å². The second kappa shape index (κ2) is 6.35. The van der Waals surface area contributed by atoms with E-state index < -0.39 is 0 Å². The summed E-state index contributed by atoms with van der Waals surface area (Å²) in [4.78, 5) is 22.9. The van der Waals surface area contributed by atoms with Crippen LogP contribution in [0.4, 0.5) is 0 Å². The molecule has 0 bridgehead atoms. The highest BCUT2D eigenvalue weighted by Crippen LogP contribution is 2.27. The Morgan fingerprint density at radius 1 is 1.36 bits per heavy atom. The fourth-order valence-corrected chi connectivity index (χ4v) is 3.65. The number of carbonyl (C=O) groups excluding carboxylic acids is 1. The summed E-state index contributed by atoms with van der Waals surface area (Å²) >= 11 is 0. The van der Waals surface area contributed by atoms with E-state index in [1.165, 1.54) is 0 Å². The summed E-state index contributed by atoms with van der Waals surface area (Å²) < 4.78 is 1.87. The first-order valence-corrected chi connectivity index (χ1v) is 8.94. The molecular formula is C19H23N5O. The molecule has 25 heavy (non-hydrogen) atoms. The normalized spacial score (nSPS) is 18.0. The molecule has 1 aliphatic rings. The van der Waals surface area contributed by atoms with Gasteiger partial charge in [-0.05, 0) is 44.9 Å². The van der Waals surface area contributed by atoms with Gasteiger partial charge in [0, 0.05) is 31.2 Å². The van der Waals surface area contributed by atoms with Crippen molar-refractivity contribution in [2.75, 3.05) is 13.1 Å². The van der Waals surface area contributed by atoms with Gasteiger partial charge in [-0.15, -0.1) is 0 Å². The standard InChI is InChI=1S/C19H23N5O/c1-3-24-13(2)11-17(22-24)19(25)23-10-6-7-14(12-23)18-20-15-8-4-5-9-16(15)21-18/h4-5,8-9,11,14H,3,6-7,10,12H2,1-2H3,(H,20,21). The number of fused-ring (bicyclic) bond motifs is 1. The van der Waals surface area contributed by atoms with Crippen LogP contribution in [0.2, 0.25) is 0 Å². The molecule has 1 aliphatic heterocycles. The molecule has 130 valence electrons. The molecule has 0 radical (unpaired) electrons. The number of nitrogens with zero attached hydrogens (tertiary/aromatic N) is 4. The van der Waals surface area contributed by atoms with Gasteiger partial charge in [0.15, 0.2) is 5.69 Å². The van der Waals surface area contributed by atoms with E-state index in [9.17, 15) is 4.79 Å². The number of aryl methyl sites for hydroxylation is 2. The Morgan fingerprint density at radius 3 is 2.96 bits per heavy atom. The lowest BCUT2D eigenvalue weighted by Gasteiger charge is -2.31. The quantitative estimate of drug-likeness (QED) is 0.798. The van der Waals surface area contributed by atoms with Crippen molar-refractivity contribution in [2.24, 2.45) is 0 Å². The number of likely N-dealkylation sites (tertiary alicyclic amines) is 1. The molecule has 6 nitrogen and oxygen atoms in total. The summed E-state index contributed by atoms with van der Waals surface area (Å²) in [5, 5.41) is 4.44. The number of aromatic nitrogens is 4. The summed E-state index contributed by atoms with van der Waals surface area (Å²) in [5.74, 6) is 1.25. The number of nitrogens with one attached hydrogen (secondary N) is 1. The molecule has 0 saturated carbocycles. The molecule has 0 spiro atoms. The van der Waals surface area contributed by atoms with Gasteiger partial charge >= 0.3 is 0 Å². The van der Waals surface area contributed by atoms with Gasteiger partial charge < -0.3 is 9.88 Å². The lowest BCUT2D eigenvalue weighted by Crippen LogP contribution is -2.39. The molecule has 1 fully saturated rings. The highest BCUT2D eigenvalue weighted by molar-refractivity contribution is 5.92. The van der Waals surface area contributed by atoms with Gasteiger partial charge in [0.25, 0.3) is 5.91 Å². The maximum Gasteiger partial charge on any atom is 0.274 e. The Labute approximate surface area is 146 Å². The summed E-state index contributed by atoms with van der Waals surface area (Å²) in [5.41, 5.74) is 3.61. The number of hydrogen-bond acceptors (Lipinski definition) is 3. The third-order valence-electron chi connectivity index (χ3n) is 5.00. The lowest BCUT2D eigenvalue weighted by atomic mass is 9.97. The molecule has 3 aromatic rings. The van der Waals surface area contributed by atoms with Crippen LogP contribution in [0.5, 0.6) is 0 Å². The third-order valence-corrected chi connectivity index (χ3v) is 5.00. The van der Waals surface area contributed by atoms with Crippen molar-refractivity contribution in [1.82, 2.24) is 24.6 Å². The van der Waals surface area contributed by atoms with E-state index in [0.29, 0.717) is 12.2 Å². The Bertz CT molecular complexity index is 877. The van der Waals surface area contributed by atoms with Crippen LogP contribution in [0.15, 0.2) is 30.3 Å². The van der Waals surface area contributed by atoms with Gasteiger partial charge in [-0.2, -0.15) is 5.10 Å². The van der Waals surface area contributed by atoms with E-state index in [1.807, 2.05) is 53.8 Å². The van der Waals surface area contributed by atoms with Crippen molar-refractivity contribution in [3.8, 4) is 0 Å². The Hall–Kier alpha value is -2.63. The van der Waals surface area contributed by atoms with Gasteiger partial charge in [-0.1, -0.05) is 12.1 Å². The summed E-state index contributed by atoms with van der Waals surface area (Å²) in [6.07, 6.45) is 2.03. The second-order valence-corrected chi connectivity index (χ2v) is 6.72. The topological polar surface area (TPSA) is 66.8 Å². The fraction of sp³-hybridized carbons (Fsp3) is 0.421. The van der Waals surface area contributed by atoms with E-state index >= 15 is 0 Å². The van der Waals surface area contributed by atoms with Crippen LogP contribution in [0, 0.1) is 6.92 Å². The third kappa shape index (κ3) is 2.92. The first kappa shape index (κ1) is 15.9. The number of imidazole rings is 1. The molecule has 3 heterocycles. The number of rotatable bonds is 3. The fourth-order valence-electron chi connectivity index (χ4n) is 3.65. The molecule has 1 unspecified atom stereocenters. The van der Waals surface area contributed by atoms with E-state index in [1.54, 1.807) is 0 Å². The zero-order valence-electron chi connectivity index (χ0n) is 14.7. The maximum absolute atomic E-state index is 12.8. The van der Waals surface area contributed by atoms with E-state index in [0.717, 1.165) is 48.5 Å². The maximum atomic E-state index is 12.8. The summed E-state index contributed by atoms with van der Waals surface area (Å²) in [7, 11) is 0. The molecule has 2 aromatic heterocycles. The number of para-hydroxylation sites is 2. The highest BCUT2D eigenvalue weighted by atomic mass is 16.2. The average molecular weight is 337 g/mol. The van der Waals surface area contributed by atoms with E-state index in [-0.39, 0.29) is 11.8 Å². The zero-order valence-corrected chi connectivity index (χ0v) is 14.7. The van der Waals surface area contributed by atoms with Crippen LogP contribution in [0.3, 0.4) is 0 Å². The minimum Gasteiger partial charge on any atom is -0.342 e. The molecule has 6 heteroatoms. The average Bonchev–Trinajstić information content (AvgIpc) is 3.24. The van der Waals surface area contributed by atoms with Crippen LogP contribution < -0.4 is 0 Å². The number of amides is 1. The molecular weight excluding hydrogens is 314 g/mol. The van der Waals surface area contributed by atoms with Crippen LogP contribution in [-0.4, -0.2) is 43.6 Å². The SMILES string of the molecule is CCn1nc(C(=O)N2CCCC(c3nc4ccccc4[nH]3)C2)cc1C. The molecule has 1 N–H and O–H groups in total. The number of piperidine rings is 1. The summed E-state index contributed by atoms with van der Waals surface area (Å²) in [6.45, 7) is 6.28. The van der Waals surface area contributed by atoms with Gasteiger partial charge in [0.1, 0.15) is 5.82 Å². The van der Waals surface area contributed by atoms with Crippen molar-refractivity contribution < 1.29 is 4.79 Å². The molecule has 0 aliphatic carbocycles. The molecule has 1 amide bonds. The Morgan fingerprint density at radius 2 is 2.20 bits per heavy atom. The van der Waals surface area contributed by atoms with Gasteiger partial charge in [-0.3, -0.25) is 9.48 Å². The van der Waals surface area contributed by atoms with E-state index in [4.69, 9.17) is 4.98 Å². The predicted molar refractivity (Wildman–Crippen MR) is 96.6 cm³/mol. The second-order valence-electron chi connectivity index (χ2n) is 6.72. The van der Waals surface area contributed by atoms with Crippen LogP contribution in [-0.2, 0) is 6.54 Å². The van der Waals surface area contributed by atoms with Crippen LogP contribution in [0.1, 0.15) is 47.7 Å². The Balaban J connectivity index is 1.54. The van der Waals surface area contributed by atoms with Crippen molar-refractivity contribution >= 4 is 16.9 Å².